The number of hydrogen-bond acceptors (Lipinski definition) is 0. The third-order valence-corrected chi connectivity index (χ3v) is 3.45. The molecule has 0 saturated heterocycles. The van der Waals surface area contributed by atoms with Crippen molar-refractivity contribution in [1.82, 2.24) is 0 Å². The summed E-state index contributed by atoms with van der Waals surface area (Å²) in [4.78, 5) is 0. The van der Waals surface area contributed by atoms with Crippen molar-refractivity contribution in [1.29, 1.82) is 0 Å². The van der Waals surface area contributed by atoms with E-state index in [0.717, 1.165) is 5.92 Å². The molecular weight excluding hydrogens is 204 g/mol. The molecule has 0 N–H and O–H groups in total. The quantitative estimate of drug-likeness (QED) is 0.268. The minimum absolute atomic E-state index is 0.859. The van der Waals surface area contributed by atoms with Crippen molar-refractivity contribution in [3.05, 3.63) is 12.2 Å². The zero-order valence-electron chi connectivity index (χ0n) is 12.5. The van der Waals surface area contributed by atoms with E-state index in [-0.39, 0.29) is 0 Å². The predicted molar refractivity (Wildman–Crippen MR) is 80.4 cm³/mol. The molecule has 0 saturated carbocycles. The Balaban J connectivity index is 3.55. The van der Waals surface area contributed by atoms with E-state index in [9.17, 15) is 0 Å². The molecule has 0 radical (unpaired) electrons. The van der Waals surface area contributed by atoms with Gasteiger partial charge < -0.3 is 0 Å². The third-order valence-electron chi connectivity index (χ3n) is 3.45. The summed E-state index contributed by atoms with van der Waals surface area (Å²) in [5.41, 5.74) is 0. The summed E-state index contributed by atoms with van der Waals surface area (Å²) in [5, 5.41) is 0. The highest BCUT2D eigenvalue weighted by Gasteiger charge is 2.02. The highest BCUT2D eigenvalue weighted by Crippen LogP contribution is 2.18. The summed E-state index contributed by atoms with van der Waals surface area (Å²) in [5.74, 6) is 0.859. The van der Waals surface area contributed by atoms with Gasteiger partial charge in [-0.1, -0.05) is 84.3 Å². The second kappa shape index (κ2) is 13.8. The highest BCUT2D eigenvalue weighted by molar-refractivity contribution is 4.87. The second-order valence-electron chi connectivity index (χ2n) is 5.32. The van der Waals surface area contributed by atoms with Gasteiger partial charge in [0.2, 0.25) is 0 Å². The molecule has 1 atom stereocenters. The lowest BCUT2D eigenvalue weighted by atomic mass is 9.95. The maximum Gasteiger partial charge on any atom is -0.0234 e. The Hall–Kier alpha value is -0.260. The minimum atomic E-state index is 0.859. The SMILES string of the molecule is CCC/C=C/C(CCC)CCCCCCCC. The Bertz CT molecular complexity index is 157. The molecule has 0 heterocycles. The van der Waals surface area contributed by atoms with Crippen LogP contribution in [-0.2, 0) is 0 Å². The molecule has 0 aromatic carbocycles. The first-order valence-corrected chi connectivity index (χ1v) is 8.01. The lowest BCUT2D eigenvalue weighted by Crippen LogP contribution is -1.96. The third kappa shape index (κ3) is 12.0. The van der Waals surface area contributed by atoms with Gasteiger partial charge in [-0.15, -0.1) is 0 Å². The van der Waals surface area contributed by atoms with Gasteiger partial charge in [-0.25, -0.2) is 0 Å². The highest BCUT2D eigenvalue weighted by atomic mass is 14.1. The molecule has 0 aromatic rings. The fourth-order valence-electron chi connectivity index (χ4n) is 2.35. The molecule has 1 unspecified atom stereocenters. The number of hydrogen-bond donors (Lipinski definition) is 0. The van der Waals surface area contributed by atoms with Gasteiger partial charge in [0.05, 0.1) is 0 Å². The van der Waals surface area contributed by atoms with E-state index in [2.05, 4.69) is 32.9 Å². The van der Waals surface area contributed by atoms with Gasteiger partial charge in [0.15, 0.2) is 0 Å². The molecule has 0 heteroatoms. The fourth-order valence-corrected chi connectivity index (χ4v) is 2.35. The van der Waals surface area contributed by atoms with Crippen molar-refractivity contribution >= 4 is 0 Å². The molecule has 102 valence electrons. The van der Waals surface area contributed by atoms with Crippen LogP contribution in [0.15, 0.2) is 12.2 Å². The second-order valence-corrected chi connectivity index (χ2v) is 5.32. The van der Waals surface area contributed by atoms with Gasteiger partial charge in [-0.05, 0) is 25.2 Å². The van der Waals surface area contributed by atoms with E-state index < -0.39 is 0 Å². The van der Waals surface area contributed by atoms with Crippen LogP contribution in [0.4, 0.5) is 0 Å². The first kappa shape index (κ1) is 16.7. The summed E-state index contributed by atoms with van der Waals surface area (Å²) >= 11 is 0. The number of allylic oxidation sites excluding steroid dienone is 2. The first-order chi connectivity index (χ1) is 8.35. The summed E-state index contributed by atoms with van der Waals surface area (Å²) in [6.07, 6.45) is 20.1. The Morgan fingerprint density at radius 2 is 1.41 bits per heavy atom. The zero-order chi connectivity index (χ0) is 12.8. The van der Waals surface area contributed by atoms with Crippen LogP contribution in [0, 0.1) is 5.92 Å². The molecule has 0 rings (SSSR count). The molecule has 0 amide bonds. The van der Waals surface area contributed by atoms with Gasteiger partial charge in [0.25, 0.3) is 0 Å². The minimum Gasteiger partial charge on any atom is -0.0883 e. The van der Waals surface area contributed by atoms with E-state index in [4.69, 9.17) is 0 Å². The molecule has 0 spiro atoms. The monoisotopic (exact) mass is 238 g/mol. The van der Waals surface area contributed by atoms with Crippen LogP contribution >= 0.6 is 0 Å². The smallest absolute Gasteiger partial charge is 0.0234 e. The van der Waals surface area contributed by atoms with Crippen molar-refractivity contribution in [2.24, 2.45) is 5.92 Å². The van der Waals surface area contributed by atoms with Gasteiger partial charge in [-0.2, -0.15) is 0 Å². The molecule has 0 bridgehead atoms. The van der Waals surface area contributed by atoms with Crippen molar-refractivity contribution in [3.8, 4) is 0 Å². The average molecular weight is 238 g/mol. The predicted octanol–water partition coefficient (Wildman–Crippen LogP) is 6.51. The molecule has 0 aliphatic heterocycles. The van der Waals surface area contributed by atoms with Crippen LogP contribution in [0.5, 0.6) is 0 Å². The average Bonchev–Trinajstić information content (AvgIpc) is 2.34. The fraction of sp³-hybridized carbons (Fsp3) is 0.882. The van der Waals surface area contributed by atoms with Crippen molar-refractivity contribution in [3.63, 3.8) is 0 Å². The van der Waals surface area contributed by atoms with Crippen LogP contribution < -0.4 is 0 Å². The van der Waals surface area contributed by atoms with Crippen LogP contribution in [0.1, 0.15) is 91.4 Å². The normalized spacial score (nSPS) is 13.4. The Morgan fingerprint density at radius 1 is 0.706 bits per heavy atom. The molecule has 0 aliphatic rings. The van der Waals surface area contributed by atoms with Gasteiger partial charge >= 0.3 is 0 Å². The van der Waals surface area contributed by atoms with Gasteiger partial charge in [-0.3, -0.25) is 0 Å². The largest absolute Gasteiger partial charge is 0.0883 e. The maximum atomic E-state index is 2.49. The van der Waals surface area contributed by atoms with E-state index in [0.29, 0.717) is 0 Å². The topological polar surface area (TPSA) is 0 Å². The summed E-state index contributed by atoms with van der Waals surface area (Å²) in [6.45, 7) is 6.85. The van der Waals surface area contributed by atoms with Crippen LogP contribution in [0.25, 0.3) is 0 Å². The molecule has 0 aromatic heterocycles. The molecule has 17 heavy (non-hydrogen) atoms. The van der Waals surface area contributed by atoms with E-state index in [1.54, 1.807) is 0 Å². The van der Waals surface area contributed by atoms with Crippen molar-refractivity contribution < 1.29 is 0 Å². The van der Waals surface area contributed by atoms with E-state index in [1.807, 2.05) is 0 Å². The standard InChI is InChI=1S/C17H34/c1-4-7-9-10-11-13-16-17(14-6-3)15-12-8-5-2/h12,15,17H,4-11,13-14,16H2,1-3H3/b15-12+. The van der Waals surface area contributed by atoms with Crippen molar-refractivity contribution in [2.45, 2.75) is 91.4 Å². The first-order valence-electron chi connectivity index (χ1n) is 8.01. The number of unbranched alkanes of at least 4 members (excludes halogenated alkanes) is 6. The van der Waals surface area contributed by atoms with Crippen LogP contribution in [0.3, 0.4) is 0 Å². The Labute approximate surface area is 110 Å². The number of rotatable bonds is 12. The lowest BCUT2D eigenvalue weighted by molar-refractivity contribution is 0.488. The summed E-state index contributed by atoms with van der Waals surface area (Å²) < 4.78 is 0. The molecular formula is C17H34. The van der Waals surface area contributed by atoms with Gasteiger partial charge in [0, 0.05) is 0 Å². The van der Waals surface area contributed by atoms with Crippen LogP contribution in [0.2, 0.25) is 0 Å². The molecule has 0 nitrogen and oxygen atoms in total. The van der Waals surface area contributed by atoms with Crippen molar-refractivity contribution in [2.75, 3.05) is 0 Å². The van der Waals surface area contributed by atoms with Gasteiger partial charge in [0.1, 0.15) is 0 Å². The molecule has 0 aliphatic carbocycles. The summed E-state index contributed by atoms with van der Waals surface area (Å²) in [6, 6.07) is 0. The van der Waals surface area contributed by atoms with E-state index in [1.165, 1.54) is 70.6 Å². The molecule has 0 fully saturated rings. The lowest BCUT2D eigenvalue weighted by Gasteiger charge is -2.11. The zero-order valence-corrected chi connectivity index (χ0v) is 12.5. The summed E-state index contributed by atoms with van der Waals surface area (Å²) in [7, 11) is 0. The Kier molecular flexibility index (Phi) is 13.6. The van der Waals surface area contributed by atoms with E-state index >= 15 is 0 Å². The maximum absolute atomic E-state index is 2.49. The Morgan fingerprint density at radius 3 is 2.06 bits per heavy atom. The van der Waals surface area contributed by atoms with Crippen LogP contribution in [-0.4, -0.2) is 0 Å².